The number of piperidine rings is 2. The predicted octanol–water partition coefficient (Wildman–Crippen LogP) is 5.70. The number of aromatic nitrogens is 4. The molecule has 0 amide bonds. The quantitative estimate of drug-likeness (QED) is 0.164. The van der Waals surface area contributed by atoms with Crippen LogP contribution in [0.4, 0.5) is 16.3 Å². The van der Waals surface area contributed by atoms with E-state index in [1.54, 1.807) is 43.0 Å². The number of aryl methyl sites for hydroxylation is 1. The lowest BCUT2D eigenvalue weighted by atomic mass is 9.85. The van der Waals surface area contributed by atoms with Gasteiger partial charge in [0.05, 0.1) is 41.3 Å². The third-order valence-corrected chi connectivity index (χ3v) is 9.77. The SMILES string of the molecule is Cc1ccc(S(=O)(=O)O)cc1.N[C@@H]1CN(c2ncc(OCCCC3CCN(c4ncc(Cl)cn4)CC3)cn2)CC[C@H]1c1ccccc1F. The second kappa shape index (κ2) is 16.5. The van der Waals surface area contributed by atoms with Gasteiger partial charge in [0, 0.05) is 38.1 Å². The average molecular weight is 698 g/mol. The molecular formula is C34H41ClFN7O4S. The molecule has 2 aromatic heterocycles. The van der Waals surface area contributed by atoms with E-state index in [-0.39, 0.29) is 22.7 Å². The van der Waals surface area contributed by atoms with E-state index in [9.17, 15) is 12.8 Å². The molecule has 3 N–H and O–H groups in total. The number of halogens is 2. The summed E-state index contributed by atoms with van der Waals surface area (Å²) in [5.74, 6) is 2.55. The van der Waals surface area contributed by atoms with Crippen LogP contribution in [-0.2, 0) is 10.1 Å². The molecule has 2 fully saturated rings. The normalized spacial score (nSPS) is 18.6. The van der Waals surface area contributed by atoms with Crippen LogP contribution in [0.1, 0.15) is 49.1 Å². The van der Waals surface area contributed by atoms with Gasteiger partial charge in [-0.05, 0) is 68.7 Å². The van der Waals surface area contributed by atoms with E-state index in [1.165, 1.54) is 18.2 Å². The second-order valence-electron chi connectivity index (χ2n) is 12.2. The molecule has 2 saturated heterocycles. The summed E-state index contributed by atoms with van der Waals surface area (Å²) >= 11 is 5.89. The Morgan fingerprint density at radius 1 is 0.917 bits per heavy atom. The molecule has 0 aliphatic carbocycles. The molecular weight excluding hydrogens is 657 g/mol. The summed E-state index contributed by atoms with van der Waals surface area (Å²) in [7, 11) is -4.02. The Hall–Kier alpha value is -3.91. The molecule has 11 nitrogen and oxygen atoms in total. The van der Waals surface area contributed by atoms with Crippen LogP contribution in [0.3, 0.4) is 0 Å². The van der Waals surface area contributed by atoms with E-state index >= 15 is 0 Å². The highest BCUT2D eigenvalue weighted by Gasteiger charge is 2.30. The Morgan fingerprint density at radius 2 is 1.52 bits per heavy atom. The highest BCUT2D eigenvalue weighted by Crippen LogP contribution is 2.31. The van der Waals surface area contributed by atoms with Crippen LogP contribution in [0.15, 0.2) is 78.2 Å². The fourth-order valence-electron chi connectivity index (χ4n) is 6.04. The van der Waals surface area contributed by atoms with E-state index in [2.05, 4.69) is 29.7 Å². The van der Waals surface area contributed by atoms with Crippen molar-refractivity contribution in [2.45, 2.75) is 55.9 Å². The van der Waals surface area contributed by atoms with Gasteiger partial charge in [-0.2, -0.15) is 8.42 Å². The van der Waals surface area contributed by atoms with Crippen molar-refractivity contribution in [1.29, 1.82) is 0 Å². The zero-order chi connectivity index (χ0) is 34.1. The van der Waals surface area contributed by atoms with Gasteiger partial charge in [-0.15, -0.1) is 0 Å². The van der Waals surface area contributed by atoms with Gasteiger partial charge in [0.1, 0.15) is 5.82 Å². The number of ether oxygens (including phenoxy) is 1. The number of hydrogen-bond donors (Lipinski definition) is 2. The van der Waals surface area contributed by atoms with E-state index in [1.807, 2.05) is 19.1 Å². The molecule has 2 aromatic carbocycles. The van der Waals surface area contributed by atoms with E-state index < -0.39 is 10.1 Å². The molecule has 14 heteroatoms. The second-order valence-corrected chi connectivity index (χ2v) is 14.0. The minimum absolute atomic E-state index is 0.00179. The molecule has 0 spiro atoms. The van der Waals surface area contributed by atoms with Gasteiger partial charge in [0.25, 0.3) is 10.1 Å². The first-order valence-electron chi connectivity index (χ1n) is 16.0. The number of nitrogens with zero attached hydrogens (tertiary/aromatic N) is 6. The maximum atomic E-state index is 14.2. The number of benzene rings is 2. The molecule has 2 aliphatic rings. The first kappa shape index (κ1) is 35.4. The largest absolute Gasteiger partial charge is 0.490 e. The van der Waals surface area contributed by atoms with Crippen LogP contribution in [0.2, 0.25) is 5.02 Å². The van der Waals surface area contributed by atoms with Crippen molar-refractivity contribution in [3.8, 4) is 5.75 Å². The van der Waals surface area contributed by atoms with Crippen molar-refractivity contribution in [2.75, 3.05) is 42.6 Å². The van der Waals surface area contributed by atoms with Gasteiger partial charge < -0.3 is 20.3 Å². The van der Waals surface area contributed by atoms with E-state index in [0.717, 1.165) is 63.3 Å². The summed E-state index contributed by atoms with van der Waals surface area (Å²) < 4.78 is 49.7. The Bertz CT molecular complexity index is 1710. The highest BCUT2D eigenvalue weighted by atomic mass is 35.5. The third-order valence-electron chi connectivity index (χ3n) is 8.71. The van der Waals surface area contributed by atoms with E-state index in [0.29, 0.717) is 41.4 Å². The molecule has 48 heavy (non-hydrogen) atoms. The van der Waals surface area contributed by atoms with Gasteiger partial charge >= 0.3 is 0 Å². The van der Waals surface area contributed by atoms with Crippen LogP contribution in [0.25, 0.3) is 0 Å². The minimum atomic E-state index is -4.02. The topological polar surface area (TPSA) is 148 Å². The zero-order valence-electron chi connectivity index (χ0n) is 26.8. The van der Waals surface area contributed by atoms with Gasteiger partial charge in [0.2, 0.25) is 11.9 Å². The summed E-state index contributed by atoms with van der Waals surface area (Å²) in [6, 6.07) is 12.7. The third kappa shape index (κ3) is 9.82. The van der Waals surface area contributed by atoms with Crippen LogP contribution in [-0.4, -0.2) is 71.7 Å². The van der Waals surface area contributed by atoms with Crippen LogP contribution in [0.5, 0.6) is 5.75 Å². The van der Waals surface area contributed by atoms with Crippen LogP contribution < -0.4 is 20.3 Å². The minimum Gasteiger partial charge on any atom is -0.490 e. The predicted molar refractivity (Wildman–Crippen MR) is 184 cm³/mol. The van der Waals surface area contributed by atoms with Crippen LogP contribution >= 0.6 is 11.6 Å². The molecule has 256 valence electrons. The lowest BCUT2D eigenvalue weighted by Crippen LogP contribution is -2.48. The van der Waals surface area contributed by atoms with Crippen molar-refractivity contribution in [3.63, 3.8) is 0 Å². The lowest BCUT2D eigenvalue weighted by Gasteiger charge is -2.37. The van der Waals surface area contributed by atoms with Crippen molar-refractivity contribution < 1.29 is 22.1 Å². The molecule has 0 saturated carbocycles. The van der Waals surface area contributed by atoms with E-state index in [4.69, 9.17) is 26.6 Å². The fraction of sp³-hybridized carbons (Fsp3) is 0.412. The molecule has 0 bridgehead atoms. The maximum Gasteiger partial charge on any atom is 0.294 e. The molecule has 4 heterocycles. The first-order valence-corrected chi connectivity index (χ1v) is 17.8. The fourth-order valence-corrected chi connectivity index (χ4v) is 6.61. The van der Waals surface area contributed by atoms with Crippen LogP contribution in [0, 0.1) is 18.7 Å². The molecule has 6 rings (SSSR count). The average Bonchev–Trinajstić information content (AvgIpc) is 3.08. The zero-order valence-corrected chi connectivity index (χ0v) is 28.4. The van der Waals surface area contributed by atoms with Gasteiger partial charge in [-0.1, -0.05) is 47.5 Å². The summed E-state index contributed by atoms with van der Waals surface area (Å²) in [6.45, 7) is 5.72. The lowest BCUT2D eigenvalue weighted by molar-refractivity contribution is 0.277. The Kier molecular flexibility index (Phi) is 12.1. The van der Waals surface area contributed by atoms with Crippen molar-refractivity contribution in [1.82, 2.24) is 19.9 Å². The highest BCUT2D eigenvalue weighted by molar-refractivity contribution is 7.85. The van der Waals surface area contributed by atoms with Gasteiger partial charge in [0.15, 0.2) is 5.75 Å². The monoisotopic (exact) mass is 697 g/mol. The molecule has 4 aromatic rings. The Morgan fingerprint density at radius 3 is 2.15 bits per heavy atom. The summed E-state index contributed by atoms with van der Waals surface area (Å²) in [4.78, 5) is 21.9. The summed E-state index contributed by atoms with van der Waals surface area (Å²) in [6.07, 6.45) is 11.9. The number of rotatable bonds is 9. The number of hydrogen-bond acceptors (Lipinski definition) is 10. The van der Waals surface area contributed by atoms with Crippen molar-refractivity contribution in [3.05, 3.63) is 95.3 Å². The summed E-state index contributed by atoms with van der Waals surface area (Å²) in [5.41, 5.74) is 8.07. The Labute approximate surface area is 286 Å². The Balaban J connectivity index is 0.000000349. The molecule has 0 radical (unpaired) electrons. The number of anilines is 2. The smallest absolute Gasteiger partial charge is 0.294 e. The summed E-state index contributed by atoms with van der Waals surface area (Å²) in [5, 5.41) is 0.559. The van der Waals surface area contributed by atoms with Gasteiger partial charge in [-0.25, -0.2) is 24.3 Å². The number of nitrogens with two attached hydrogens (primary N) is 1. The standard InChI is InChI=1S/C27H33ClFN7O.C7H8O3S/c28-20-14-31-26(32-15-20)35-10-7-19(8-11-35)4-3-13-37-21-16-33-27(34-17-21)36-12-9-23(25(30)18-36)22-5-1-2-6-24(22)29;1-6-2-4-7(5-3-6)11(8,9)10/h1-2,5-6,14-17,19,23,25H,3-4,7-13,18,30H2;2-5H,1H3,(H,8,9,10)/t23-,25+;/m0./s1. The van der Waals surface area contributed by atoms with Crippen molar-refractivity contribution >= 4 is 33.6 Å². The molecule has 2 atom stereocenters. The van der Waals surface area contributed by atoms with Gasteiger partial charge in [-0.3, -0.25) is 4.55 Å². The molecule has 0 unspecified atom stereocenters. The molecule has 2 aliphatic heterocycles. The van der Waals surface area contributed by atoms with Crippen molar-refractivity contribution in [2.24, 2.45) is 11.7 Å². The first-order chi connectivity index (χ1) is 23.1. The maximum absolute atomic E-state index is 14.2.